The molecular weight excluding hydrogens is 809 g/mol. The fourth-order valence-electron chi connectivity index (χ4n) is 9.09. The minimum absolute atomic E-state index is 0.0313. The first-order valence-electron chi connectivity index (χ1n) is 23.1. The molecule has 4 aromatic rings. The Hall–Kier alpha value is -6.04. The molecule has 0 unspecified atom stereocenters. The molecule has 0 saturated heterocycles. The van der Waals surface area contributed by atoms with Gasteiger partial charge >= 0.3 is 0 Å². The Balaban J connectivity index is 1.81. The molecule has 12 nitrogen and oxygen atoms in total. The van der Waals surface area contributed by atoms with Crippen molar-refractivity contribution in [1.29, 1.82) is 0 Å². The van der Waals surface area contributed by atoms with E-state index in [4.69, 9.17) is 0 Å². The van der Waals surface area contributed by atoms with Gasteiger partial charge in [0.1, 0.15) is 23.0 Å². The van der Waals surface area contributed by atoms with Gasteiger partial charge in [0, 0.05) is 78.0 Å². The maximum absolute atomic E-state index is 13.5. The molecule has 64 heavy (non-hydrogen) atoms. The molecule has 12 heteroatoms. The Morgan fingerprint density at radius 1 is 0.328 bits per heavy atom. The minimum atomic E-state index is -0.0852. The molecule has 0 fully saturated rings. The monoisotopic (exact) mass is 877 g/mol. The molecule has 0 heterocycles. The van der Waals surface area contributed by atoms with Crippen molar-refractivity contribution in [3.63, 3.8) is 0 Å². The van der Waals surface area contributed by atoms with E-state index < -0.39 is 0 Å². The topological polar surface area (TPSA) is 162 Å². The van der Waals surface area contributed by atoms with Crippen molar-refractivity contribution in [3.8, 4) is 23.0 Å². The lowest BCUT2D eigenvalue weighted by atomic mass is 9.87. The largest absolute Gasteiger partial charge is 0.507 e. The summed E-state index contributed by atoms with van der Waals surface area (Å²) < 4.78 is 0. The summed E-state index contributed by atoms with van der Waals surface area (Å²) >= 11 is 0. The molecule has 4 aromatic carbocycles. The van der Waals surface area contributed by atoms with E-state index in [1.165, 1.54) is 0 Å². The van der Waals surface area contributed by atoms with E-state index in [1.807, 2.05) is 55.4 Å². The third kappa shape index (κ3) is 11.4. The van der Waals surface area contributed by atoms with Gasteiger partial charge in [0.2, 0.25) is 23.6 Å². The molecular formula is C52H68N4O8. The number of likely N-dealkylation sites (N-methyl/N-ethyl adjacent to an activating group) is 4. The zero-order valence-corrected chi connectivity index (χ0v) is 39.1. The smallest absolute Gasteiger partial charge is 0.226 e. The van der Waals surface area contributed by atoms with Crippen molar-refractivity contribution < 1.29 is 39.6 Å². The molecule has 1 aliphatic carbocycles. The van der Waals surface area contributed by atoms with E-state index >= 15 is 0 Å². The van der Waals surface area contributed by atoms with E-state index in [9.17, 15) is 39.6 Å². The Labute approximate surface area is 379 Å². The first-order chi connectivity index (χ1) is 30.6. The van der Waals surface area contributed by atoms with Crippen LogP contribution in [0, 0.1) is 0 Å². The molecule has 0 aromatic heterocycles. The molecule has 0 aliphatic heterocycles. The van der Waals surface area contributed by atoms with Gasteiger partial charge in [-0.15, -0.1) is 0 Å². The van der Waals surface area contributed by atoms with E-state index in [0.29, 0.717) is 119 Å². The lowest BCUT2D eigenvalue weighted by Gasteiger charge is -2.22. The highest BCUT2D eigenvalue weighted by molar-refractivity contribution is 5.81. The Kier molecular flexibility index (Phi) is 16.9. The predicted molar refractivity (Wildman–Crippen MR) is 250 cm³/mol. The Bertz CT molecular complexity index is 1920. The van der Waals surface area contributed by atoms with Crippen molar-refractivity contribution in [2.24, 2.45) is 0 Å². The average Bonchev–Trinajstić information content (AvgIpc) is 3.25. The van der Waals surface area contributed by atoms with Crippen LogP contribution in [0.25, 0.3) is 0 Å². The SMILES string of the molecule is CCN(CC)C(=O)Cc1cc2c(O)c(c1)Cc1cc(CC(=O)N(CC)CC)cc(c1O)Cc1cc(CC(=O)N(CC)CC)cc(c1O)Cc1cc(CC(=O)N(CC)CC)cc(c1O)C2. The summed E-state index contributed by atoms with van der Waals surface area (Å²) in [7, 11) is 0. The minimum Gasteiger partial charge on any atom is -0.507 e. The fourth-order valence-corrected chi connectivity index (χ4v) is 9.09. The molecule has 0 radical (unpaired) electrons. The van der Waals surface area contributed by atoms with Crippen LogP contribution in [0.5, 0.6) is 23.0 Å². The second-order valence-electron chi connectivity index (χ2n) is 16.7. The zero-order chi connectivity index (χ0) is 46.8. The highest BCUT2D eigenvalue weighted by Crippen LogP contribution is 2.40. The number of amides is 4. The molecule has 5 rings (SSSR count). The Morgan fingerprint density at radius 3 is 0.594 bits per heavy atom. The van der Waals surface area contributed by atoms with Gasteiger partial charge in [-0.2, -0.15) is 0 Å². The van der Waals surface area contributed by atoms with Gasteiger partial charge in [0.25, 0.3) is 0 Å². The summed E-state index contributed by atoms with van der Waals surface area (Å²) in [4.78, 5) is 61.1. The molecule has 4 N–H and O–H groups in total. The van der Waals surface area contributed by atoms with Crippen molar-refractivity contribution in [3.05, 3.63) is 115 Å². The predicted octanol–water partition coefficient (Wildman–Crippen LogP) is 6.83. The molecule has 4 amide bonds. The van der Waals surface area contributed by atoms with Gasteiger partial charge in [0.05, 0.1) is 25.7 Å². The highest BCUT2D eigenvalue weighted by atomic mass is 16.3. The van der Waals surface area contributed by atoms with Crippen molar-refractivity contribution in [2.45, 2.75) is 107 Å². The van der Waals surface area contributed by atoms with Gasteiger partial charge < -0.3 is 40.0 Å². The second kappa shape index (κ2) is 22.0. The molecule has 0 atom stereocenters. The molecule has 344 valence electrons. The van der Waals surface area contributed by atoms with Crippen molar-refractivity contribution in [1.82, 2.24) is 19.6 Å². The standard InChI is InChI=1S/C52H68N4O8/c1-9-53(10-2)45(57)25-33-17-37-29-39-19-34(26-46(58)54(11-3)12-4)21-41(50(39)62)31-43-23-36(28-48(60)56(15-7)16-8)24-44(52(43)64)32-42-22-35(27-47(59)55(13-5)14-6)20-40(51(42)63)30-38(18-33)49(37)61/h17-24,61-64H,9-16,25-32H2,1-8H3. The van der Waals surface area contributed by atoms with Crippen LogP contribution in [-0.4, -0.2) is 116 Å². The summed E-state index contributed by atoms with van der Waals surface area (Å²) in [5, 5.41) is 48.6. The number of nitrogens with zero attached hydrogens (tertiary/aromatic N) is 4. The molecule has 1 aliphatic rings. The summed E-state index contributed by atoms with van der Waals surface area (Å²) in [6, 6.07) is 14.2. The zero-order valence-electron chi connectivity index (χ0n) is 39.1. The van der Waals surface area contributed by atoms with Crippen molar-refractivity contribution in [2.75, 3.05) is 52.4 Å². The number of phenolic OH excluding ortho intramolecular Hbond substituents is 4. The van der Waals surface area contributed by atoms with Crippen LogP contribution in [0.1, 0.15) is 122 Å². The summed E-state index contributed by atoms with van der Waals surface area (Å²) in [6.07, 6.45) is 0.349. The summed E-state index contributed by atoms with van der Waals surface area (Å²) in [5.74, 6) is -0.590. The summed E-state index contributed by atoms with van der Waals surface area (Å²) in [6.45, 7) is 19.6. The number of carbonyl (C=O) groups excluding carboxylic acids is 4. The fraction of sp³-hybridized carbons (Fsp3) is 0.462. The van der Waals surface area contributed by atoms with Crippen LogP contribution in [0.2, 0.25) is 0 Å². The van der Waals surface area contributed by atoms with Gasteiger partial charge in [-0.25, -0.2) is 0 Å². The third-order valence-corrected chi connectivity index (χ3v) is 12.7. The van der Waals surface area contributed by atoms with Gasteiger partial charge in [0.15, 0.2) is 0 Å². The highest BCUT2D eigenvalue weighted by Gasteiger charge is 2.25. The normalized spacial score (nSPS) is 12.1. The van der Waals surface area contributed by atoms with Gasteiger partial charge in [-0.05, 0) is 122 Å². The number of fused-ring (bicyclic) bond motifs is 8. The third-order valence-electron chi connectivity index (χ3n) is 12.7. The van der Waals surface area contributed by atoms with E-state index in [-0.39, 0.29) is 98.0 Å². The number of hydrogen-bond acceptors (Lipinski definition) is 8. The number of phenols is 4. The van der Waals surface area contributed by atoms with Crippen LogP contribution in [-0.2, 0) is 70.5 Å². The lowest BCUT2D eigenvalue weighted by Crippen LogP contribution is -2.31. The van der Waals surface area contributed by atoms with Gasteiger partial charge in [-0.1, -0.05) is 48.5 Å². The maximum Gasteiger partial charge on any atom is 0.226 e. The van der Waals surface area contributed by atoms with E-state index in [1.54, 1.807) is 68.1 Å². The van der Waals surface area contributed by atoms with Crippen LogP contribution in [0.4, 0.5) is 0 Å². The number of rotatable bonds is 16. The number of benzene rings is 4. The number of aromatic hydroxyl groups is 4. The lowest BCUT2D eigenvalue weighted by molar-refractivity contribution is -0.130. The average molecular weight is 877 g/mol. The quantitative estimate of drug-likeness (QED) is 0.0840. The number of hydrogen-bond donors (Lipinski definition) is 4. The maximum atomic E-state index is 13.5. The molecule has 8 bridgehead atoms. The first-order valence-corrected chi connectivity index (χ1v) is 23.1. The molecule has 0 saturated carbocycles. The van der Waals surface area contributed by atoms with E-state index in [0.717, 1.165) is 0 Å². The molecule has 0 spiro atoms. The van der Waals surface area contributed by atoms with Crippen LogP contribution < -0.4 is 0 Å². The van der Waals surface area contributed by atoms with Crippen LogP contribution in [0.3, 0.4) is 0 Å². The first kappa shape index (κ1) is 49.0. The Morgan fingerprint density at radius 2 is 0.469 bits per heavy atom. The van der Waals surface area contributed by atoms with Crippen LogP contribution in [0.15, 0.2) is 48.5 Å². The second-order valence-corrected chi connectivity index (χ2v) is 16.7. The van der Waals surface area contributed by atoms with Gasteiger partial charge in [-0.3, -0.25) is 19.2 Å². The van der Waals surface area contributed by atoms with Crippen molar-refractivity contribution >= 4 is 23.6 Å². The van der Waals surface area contributed by atoms with Crippen LogP contribution >= 0.6 is 0 Å². The van der Waals surface area contributed by atoms with E-state index in [2.05, 4.69) is 0 Å². The number of carbonyl (C=O) groups is 4. The summed E-state index contributed by atoms with van der Waals surface area (Å²) in [5.41, 5.74) is 6.10.